The number of likely N-dealkylation sites (N-methyl/N-ethyl adjacent to an activating group) is 1. The number of fused-ring (bicyclic) bond motifs is 1. The second-order valence-electron chi connectivity index (χ2n) is 7.92. The van der Waals surface area contributed by atoms with Crippen molar-refractivity contribution in [3.05, 3.63) is 83.0 Å². The lowest BCUT2D eigenvalue weighted by Crippen LogP contribution is -2.29. The van der Waals surface area contributed by atoms with Crippen LogP contribution in [0.15, 0.2) is 81.4 Å². The molecule has 0 spiro atoms. The van der Waals surface area contributed by atoms with Gasteiger partial charge in [0, 0.05) is 34.8 Å². The first kappa shape index (κ1) is 22.1. The fourth-order valence-corrected chi connectivity index (χ4v) is 4.53. The predicted molar refractivity (Wildman–Crippen MR) is 131 cm³/mol. The van der Waals surface area contributed by atoms with Gasteiger partial charge in [-0.2, -0.15) is 5.10 Å². The minimum absolute atomic E-state index is 0.135. The first-order chi connectivity index (χ1) is 15.5. The van der Waals surface area contributed by atoms with Crippen LogP contribution < -0.4 is 16.6 Å². The van der Waals surface area contributed by atoms with Crippen LogP contribution in [0.3, 0.4) is 0 Å². The van der Waals surface area contributed by atoms with Crippen LogP contribution in [0, 0.1) is 0 Å². The molecule has 2 aromatic carbocycles. The molecule has 0 bridgehead atoms. The van der Waals surface area contributed by atoms with Gasteiger partial charge in [0.2, 0.25) is 0 Å². The maximum Gasteiger partial charge on any atom is 0.283 e. The lowest BCUT2D eigenvalue weighted by molar-refractivity contribution is 0.425. The van der Waals surface area contributed by atoms with E-state index in [1.54, 1.807) is 20.8 Å². The molecular formula is C24H28N6OS. The second kappa shape index (κ2) is 9.60. The topological polar surface area (TPSA) is 80.6 Å². The van der Waals surface area contributed by atoms with Gasteiger partial charge in [-0.05, 0) is 51.4 Å². The molecule has 0 aliphatic carbocycles. The van der Waals surface area contributed by atoms with Crippen LogP contribution in [0.4, 0.5) is 5.69 Å². The third kappa shape index (κ3) is 4.57. The molecule has 1 atom stereocenters. The Kier molecular flexibility index (Phi) is 6.64. The van der Waals surface area contributed by atoms with Gasteiger partial charge in [-0.3, -0.25) is 9.36 Å². The zero-order valence-corrected chi connectivity index (χ0v) is 19.3. The molecule has 0 aliphatic rings. The van der Waals surface area contributed by atoms with E-state index in [1.807, 2.05) is 61.7 Å². The highest BCUT2D eigenvalue weighted by atomic mass is 32.2. The number of hydrogen-bond acceptors (Lipinski definition) is 6. The van der Waals surface area contributed by atoms with E-state index in [9.17, 15) is 4.79 Å². The summed E-state index contributed by atoms with van der Waals surface area (Å²) < 4.78 is 3.26. The Morgan fingerprint density at radius 1 is 1.06 bits per heavy atom. The first-order valence-corrected chi connectivity index (χ1v) is 11.4. The van der Waals surface area contributed by atoms with Gasteiger partial charge in [0.05, 0.1) is 11.7 Å². The molecule has 32 heavy (non-hydrogen) atoms. The summed E-state index contributed by atoms with van der Waals surface area (Å²) >= 11 is 1.56. The minimum atomic E-state index is -0.396. The van der Waals surface area contributed by atoms with E-state index in [-0.39, 0.29) is 5.56 Å². The molecule has 0 saturated carbocycles. The van der Waals surface area contributed by atoms with Gasteiger partial charge in [-0.15, -0.1) is 0 Å². The summed E-state index contributed by atoms with van der Waals surface area (Å²) in [5.74, 6) is 0.520. The number of nitrogens with zero attached hydrogens (tertiary/aromatic N) is 4. The van der Waals surface area contributed by atoms with Crippen molar-refractivity contribution < 1.29 is 0 Å². The van der Waals surface area contributed by atoms with Gasteiger partial charge >= 0.3 is 0 Å². The van der Waals surface area contributed by atoms with E-state index in [2.05, 4.69) is 41.5 Å². The van der Waals surface area contributed by atoms with E-state index in [0.29, 0.717) is 11.3 Å². The number of nitrogens with two attached hydrogens (primary N) is 1. The minimum Gasteiger partial charge on any atom is -0.383 e. The van der Waals surface area contributed by atoms with Gasteiger partial charge in [0.25, 0.3) is 5.56 Å². The molecule has 2 heterocycles. The summed E-state index contributed by atoms with van der Waals surface area (Å²) in [4.78, 5) is 17.7. The quantitative estimate of drug-likeness (QED) is 0.428. The summed E-state index contributed by atoms with van der Waals surface area (Å²) in [6, 6.07) is 19.2. The fourth-order valence-electron chi connectivity index (χ4n) is 3.49. The molecule has 8 heteroatoms. The Bertz CT molecular complexity index is 1260. The molecule has 4 rings (SSSR count). The van der Waals surface area contributed by atoms with Crippen LogP contribution in [0.1, 0.15) is 18.8 Å². The monoisotopic (exact) mass is 448 g/mol. The van der Waals surface area contributed by atoms with Gasteiger partial charge < -0.3 is 16.0 Å². The number of hydrogen-bond donors (Lipinski definition) is 2. The zero-order chi connectivity index (χ0) is 22.7. The lowest BCUT2D eigenvalue weighted by Gasteiger charge is -2.16. The van der Waals surface area contributed by atoms with Crippen molar-refractivity contribution in [1.82, 2.24) is 19.1 Å². The smallest absolute Gasteiger partial charge is 0.283 e. The summed E-state index contributed by atoms with van der Waals surface area (Å²) in [5.41, 5.74) is 8.37. The van der Waals surface area contributed by atoms with Gasteiger partial charge in [0.1, 0.15) is 5.52 Å². The highest BCUT2D eigenvalue weighted by Crippen LogP contribution is 2.35. The molecular weight excluding hydrogens is 420 g/mol. The maximum absolute atomic E-state index is 13.7. The number of benzene rings is 2. The van der Waals surface area contributed by atoms with E-state index >= 15 is 0 Å². The summed E-state index contributed by atoms with van der Waals surface area (Å²) in [7, 11) is 4.10. The average molecular weight is 449 g/mol. The van der Waals surface area contributed by atoms with Crippen molar-refractivity contribution in [2.75, 3.05) is 32.5 Å². The number of nitrogens with one attached hydrogen (secondary N) is 1. The van der Waals surface area contributed by atoms with Crippen molar-refractivity contribution in [2.45, 2.75) is 22.8 Å². The van der Waals surface area contributed by atoms with Crippen LogP contribution in [0.5, 0.6) is 0 Å². The Balaban J connectivity index is 1.77. The Morgan fingerprint density at radius 3 is 2.50 bits per heavy atom. The number of rotatable bonds is 8. The van der Waals surface area contributed by atoms with E-state index < -0.39 is 6.04 Å². The predicted octanol–water partition coefficient (Wildman–Crippen LogP) is 3.63. The maximum atomic E-state index is 13.7. The van der Waals surface area contributed by atoms with Crippen molar-refractivity contribution in [3.63, 3.8) is 0 Å². The van der Waals surface area contributed by atoms with Gasteiger partial charge in [-0.25, -0.2) is 4.52 Å². The highest BCUT2D eigenvalue weighted by Gasteiger charge is 2.19. The largest absolute Gasteiger partial charge is 0.383 e. The zero-order valence-electron chi connectivity index (χ0n) is 18.5. The van der Waals surface area contributed by atoms with Crippen molar-refractivity contribution in [2.24, 2.45) is 5.73 Å². The molecule has 4 aromatic rings. The van der Waals surface area contributed by atoms with Crippen LogP contribution in [-0.2, 0) is 0 Å². The van der Waals surface area contributed by atoms with Crippen molar-refractivity contribution >= 4 is 23.0 Å². The summed E-state index contributed by atoms with van der Waals surface area (Å²) in [6.45, 7) is 3.60. The Morgan fingerprint density at radius 2 is 1.78 bits per heavy atom. The summed E-state index contributed by atoms with van der Waals surface area (Å²) in [5, 5.41) is 8.18. The normalized spacial score (nSPS) is 12.4. The fraction of sp³-hybridized carbons (Fsp3) is 0.250. The van der Waals surface area contributed by atoms with Crippen molar-refractivity contribution in [1.29, 1.82) is 0 Å². The third-order valence-electron chi connectivity index (χ3n) is 5.08. The molecule has 0 aliphatic heterocycles. The number of anilines is 1. The second-order valence-corrected chi connectivity index (χ2v) is 9.01. The Hall–Kier alpha value is -3.07. The molecule has 0 radical (unpaired) electrons. The van der Waals surface area contributed by atoms with E-state index in [0.717, 1.165) is 34.3 Å². The standard InChI is InChI=1S/C24H28N6OS/c1-17(25)23-27-29-15-13-21(22(29)24(31)30(23)18-9-5-4-6-10-18)32-20-12-8-7-11-19(20)26-14-16-28(2)3/h4-13,15,17,26H,14,16,25H2,1-3H3/t17-/m0/s1. The molecule has 0 amide bonds. The van der Waals surface area contributed by atoms with Gasteiger partial charge in [-0.1, -0.05) is 42.1 Å². The van der Waals surface area contributed by atoms with Crippen LogP contribution >= 0.6 is 11.8 Å². The molecule has 0 fully saturated rings. The van der Waals surface area contributed by atoms with Crippen LogP contribution in [-0.4, -0.2) is 46.3 Å². The SMILES string of the molecule is C[C@H](N)c1nn2ccc(Sc3ccccc3NCCN(C)C)c2c(=O)n1-c1ccccc1. The number of para-hydroxylation sites is 2. The molecule has 0 unspecified atom stereocenters. The average Bonchev–Trinajstić information content (AvgIpc) is 3.18. The summed E-state index contributed by atoms with van der Waals surface area (Å²) in [6.07, 6.45) is 1.82. The van der Waals surface area contributed by atoms with Crippen molar-refractivity contribution in [3.8, 4) is 5.69 Å². The van der Waals surface area contributed by atoms with Crippen LogP contribution in [0.25, 0.3) is 11.2 Å². The first-order valence-electron chi connectivity index (χ1n) is 10.6. The molecule has 3 N–H and O–H groups in total. The Labute approximate surface area is 191 Å². The van der Waals surface area contributed by atoms with Crippen LogP contribution in [0.2, 0.25) is 0 Å². The molecule has 2 aromatic heterocycles. The van der Waals surface area contributed by atoms with E-state index in [1.165, 1.54) is 0 Å². The highest BCUT2D eigenvalue weighted by molar-refractivity contribution is 7.99. The molecule has 0 saturated heterocycles. The lowest BCUT2D eigenvalue weighted by atomic mass is 10.2. The van der Waals surface area contributed by atoms with Gasteiger partial charge in [0.15, 0.2) is 5.82 Å². The third-order valence-corrected chi connectivity index (χ3v) is 6.20. The molecule has 166 valence electrons. The van der Waals surface area contributed by atoms with E-state index in [4.69, 9.17) is 5.73 Å². The number of aromatic nitrogens is 3. The molecule has 7 nitrogen and oxygen atoms in total.